The Hall–Kier alpha value is -4.39. The maximum Gasteiger partial charge on any atom is 0.141 e. The molecule has 1 heterocycles. The van der Waals surface area contributed by atoms with Crippen LogP contribution in [0.5, 0.6) is 5.75 Å². The number of aromatic amines is 1. The Bertz CT molecular complexity index is 1730. The Morgan fingerprint density at radius 1 is 0.947 bits per heavy atom. The van der Waals surface area contributed by atoms with E-state index in [2.05, 4.69) is 43.1 Å². The van der Waals surface area contributed by atoms with Gasteiger partial charge in [0.2, 0.25) is 0 Å². The summed E-state index contributed by atoms with van der Waals surface area (Å²) in [6, 6.07) is 21.8. The van der Waals surface area contributed by atoms with Gasteiger partial charge in [0.15, 0.2) is 0 Å². The number of rotatable bonds is 7. The second-order valence-corrected chi connectivity index (χ2v) is 10.9. The molecule has 0 aliphatic heterocycles. The molecule has 5 rings (SSSR count). The van der Waals surface area contributed by atoms with Gasteiger partial charge in [0.25, 0.3) is 0 Å². The first-order chi connectivity index (χ1) is 18.2. The summed E-state index contributed by atoms with van der Waals surface area (Å²) in [6.45, 7) is 8.60. The number of hydrogen-bond acceptors (Lipinski definition) is 5. The first-order valence-corrected chi connectivity index (χ1v) is 12.9. The molecule has 0 fully saturated rings. The summed E-state index contributed by atoms with van der Waals surface area (Å²) in [4.78, 5) is 8.37. The van der Waals surface area contributed by atoms with Gasteiger partial charge in [-0.05, 0) is 72.9 Å². The summed E-state index contributed by atoms with van der Waals surface area (Å²) in [7, 11) is 0. The summed E-state index contributed by atoms with van der Waals surface area (Å²) in [5.41, 5.74) is 3.08. The highest BCUT2D eigenvalue weighted by Crippen LogP contribution is 2.38. The number of fused-ring (bicyclic) bond motifs is 6. The molecule has 2 N–H and O–H groups in total. The van der Waals surface area contributed by atoms with Crippen molar-refractivity contribution in [1.82, 2.24) is 9.97 Å². The SMILES string of the molecule is CC(C)CCOc1ccc2c(c1)c1cc(CC(C)(C)O)ccc1c1[nH]c(-c3c(C#N)cccc3C#N)nc21. The third-order valence-corrected chi connectivity index (χ3v) is 6.74. The zero-order chi connectivity index (χ0) is 27.0. The monoisotopic (exact) mass is 502 g/mol. The van der Waals surface area contributed by atoms with Gasteiger partial charge in [0.1, 0.15) is 11.6 Å². The molecule has 0 amide bonds. The molecule has 6 nitrogen and oxygen atoms in total. The molecule has 0 saturated heterocycles. The van der Waals surface area contributed by atoms with Crippen molar-refractivity contribution in [1.29, 1.82) is 10.5 Å². The number of aliphatic hydroxyl groups is 1. The van der Waals surface area contributed by atoms with Gasteiger partial charge in [0, 0.05) is 17.2 Å². The van der Waals surface area contributed by atoms with Crippen molar-refractivity contribution in [2.75, 3.05) is 6.61 Å². The van der Waals surface area contributed by atoms with E-state index in [0.29, 0.717) is 41.5 Å². The summed E-state index contributed by atoms with van der Waals surface area (Å²) < 4.78 is 6.09. The molecule has 0 saturated carbocycles. The van der Waals surface area contributed by atoms with E-state index < -0.39 is 5.60 Å². The van der Waals surface area contributed by atoms with Crippen LogP contribution in [0, 0.1) is 28.6 Å². The summed E-state index contributed by atoms with van der Waals surface area (Å²) in [5, 5.41) is 33.9. The lowest BCUT2D eigenvalue weighted by atomic mass is 9.93. The minimum Gasteiger partial charge on any atom is -0.494 e. The lowest BCUT2D eigenvalue weighted by Crippen LogP contribution is -2.21. The van der Waals surface area contributed by atoms with Gasteiger partial charge >= 0.3 is 0 Å². The number of aromatic nitrogens is 2. The third-order valence-electron chi connectivity index (χ3n) is 6.74. The molecule has 190 valence electrons. The van der Waals surface area contributed by atoms with Crippen LogP contribution in [-0.2, 0) is 6.42 Å². The highest BCUT2D eigenvalue weighted by Gasteiger charge is 2.20. The number of nitrogens with zero attached hydrogens (tertiary/aromatic N) is 3. The molecule has 6 heteroatoms. The Kier molecular flexibility index (Phi) is 6.53. The fourth-order valence-corrected chi connectivity index (χ4v) is 4.97. The molecular formula is C32H30N4O2. The van der Waals surface area contributed by atoms with E-state index in [4.69, 9.17) is 9.72 Å². The van der Waals surface area contributed by atoms with Crippen LogP contribution in [0.1, 0.15) is 50.8 Å². The van der Waals surface area contributed by atoms with Crippen LogP contribution in [0.4, 0.5) is 0 Å². The number of ether oxygens (including phenoxy) is 1. The smallest absolute Gasteiger partial charge is 0.141 e. The molecule has 0 unspecified atom stereocenters. The second-order valence-electron chi connectivity index (χ2n) is 10.9. The maximum absolute atomic E-state index is 10.5. The summed E-state index contributed by atoms with van der Waals surface area (Å²) in [6.07, 6.45) is 1.48. The van der Waals surface area contributed by atoms with Crippen molar-refractivity contribution in [3.63, 3.8) is 0 Å². The van der Waals surface area contributed by atoms with E-state index in [0.717, 1.165) is 50.3 Å². The zero-order valence-electron chi connectivity index (χ0n) is 22.1. The highest BCUT2D eigenvalue weighted by molar-refractivity contribution is 6.24. The van der Waals surface area contributed by atoms with E-state index in [1.807, 2.05) is 24.3 Å². The molecule has 5 aromatic rings. The zero-order valence-corrected chi connectivity index (χ0v) is 22.1. The first-order valence-electron chi connectivity index (χ1n) is 12.9. The van der Waals surface area contributed by atoms with Crippen molar-refractivity contribution in [2.45, 2.75) is 46.1 Å². The lowest BCUT2D eigenvalue weighted by molar-refractivity contribution is 0.0810. The standard InChI is InChI=1S/C32H30N4O2/c1-19(2)12-13-38-23-9-11-25-27(15-23)26-14-20(16-32(3,4)37)8-10-24(26)29-30(25)36-31(35-29)28-21(17-33)6-5-7-22(28)18-34/h5-11,14-15,19,37H,12-13,16H2,1-4H3,(H,35,36). The number of nitrogens with one attached hydrogen (secondary N) is 1. The second kappa shape index (κ2) is 9.82. The normalized spacial score (nSPS) is 11.8. The highest BCUT2D eigenvalue weighted by atomic mass is 16.5. The fourth-order valence-electron chi connectivity index (χ4n) is 4.97. The van der Waals surface area contributed by atoms with Crippen molar-refractivity contribution in [3.8, 4) is 29.3 Å². The van der Waals surface area contributed by atoms with E-state index in [-0.39, 0.29) is 0 Å². The molecule has 0 atom stereocenters. The average molecular weight is 503 g/mol. The molecule has 0 bridgehead atoms. The first kappa shape index (κ1) is 25.3. The average Bonchev–Trinajstić information content (AvgIpc) is 3.32. The predicted molar refractivity (Wildman–Crippen MR) is 151 cm³/mol. The molecule has 4 aromatic carbocycles. The Labute approximate surface area is 222 Å². The van der Waals surface area contributed by atoms with E-state index in [1.54, 1.807) is 32.0 Å². The Balaban J connectivity index is 1.78. The molecule has 0 spiro atoms. The molecular weight excluding hydrogens is 472 g/mol. The van der Waals surface area contributed by atoms with Gasteiger partial charge in [-0.15, -0.1) is 0 Å². The minimum atomic E-state index is -0.839. The third kappa shape index (κ3) is 4.79. The molecule has 38 heavy (non-hydrogen) atoms. The van der Waals surface area contributed by atoms with Crippen molar-refractivity contribution < 1.29 is 9.84 Å². The number of H-pyrrole nitrogens is 1. The van der Waals surface area contributed by atoms with Crippen molar-refractivity contribution in [2.24, 2.45) is 5.92 Å². The summed E-state index contributed by atoms with van der Waals surface area (Å²) >= 11 is 0. The van der Waals surface area contributed by atoms with Crippen LogP contribution in [0.3, 0.4) is 0 Å². The van der Waals surface area contributed by atoms with Crippen molar-refractivity contribution in [3.05, 3.63) is 71.3 Å². The summed E-state index contributed by atoms with van der Waals surface area (Å²) in [5.74, 6) is 1.83. The van der Waals surface area contributed by atoms with Gasteiger partial charge < -0.3 is 14.8 Å². The number of nitriles is 2. The van der Waals surface area contributed by atoms with Crippen LogP contribution < -0.4 is 4.74 Å². The number of imidazole rings is 1. The van der Waals surface area contributed by atoms with Crippen molar-refractivity contribution >= 4 is 32.6 Å². The minimum absolute atomic E-state index is 0.394. The molecule has 0 aliphatic carbocycles. The number of benzene rings is 4. The Morgan fingerprint density at radius 3 is 2.29 bits per heavy atom. The van der Waals surface area contributed by atoms with Crippen LogP contribution in [0.25, 0.3) is 44.0 Å². The van der Waals surface area contributed by atoms with E-state index >= 15 is 0 Å². The van der Waals surface area contributed by atoms with Crippen LogP contribution >= 0.6 is 0 Å². The van der Waals surface area contributed by atoms with Crippen LogP contribution in [0.2, 0.25) is 0 Å². The quantitative estimate of drug-likeness (QED) is 0.233. The predicted octanol–water partition coefficient (Wildman–Crippen LogP) is 7.02. The van der Waals surface area contributed by atoms with E-state index in [1.165, 1.54) is 0 Å². The molecule has 0 radical (unpaired) electrons. The number of hydrogen-bond donors (Lipinski definition) is 2. The van der Waals surface area contributed by atoms with Gasteiger partial charge in [-0.1, -0.05) is 38.1 Å². The van der Waals surface area contributed by atoms with Gasteiger partial charge in [0.05, 0.1) is 52.1 Å². The van der Waals surface area contributed by atoms with Gasteiger partial charge in [-0.25, -0.2) is 4.98 Å². The van der Waals surface area contributed by atoms with Gasteiger partial charge in [-0.2, -0.15) is 10.5 Å². The van der Waals surface area contributed by atoms with Crippen LogP contribution in [-0.4, -0.2) is 27.3 Å². The Morgan fingerprint density at radius 2 is 1.63 bits per heavy atom. The van der Waals surface area contributed by atoms with E-state index in [9.17, 15) is 15.6 Å². The lowest BCUT2D eigenvalue weighted by Gasteiger charge is -2.18. The maximum atomic E-state index is 10.5. The molecule has 0 aliphatic rings. The topological polar surface area (TPSA) is 106 Å². The van der Waals surface area contributed by atoms with Crippen LogP contribution in [0.15, 0.2) is 54.6 Å². The van der Waals surface area contributed by atoms with Gasteiger partial charge in [-0.3, -0.25) is 0 Å². The fraction of sp³-hybridized carbons (Fsp3) is 0.281. The largest absolute Gasteiger partial charge is 0.494 e. The molecule has 1 aromatic heterocycles.